The molecule has 0 aromatic heterocycles. The second-order valence-corrected chi connectivity index (χ2v) is 7.84. The van der Waals surface area contributed by atoms with Gasteiger partial charge in [0, 0.05) is 10.8 Å². The Morgan fingerprint density at radius 3 is 1.36 bits per heavy atom. The highest BCUT2D eigenvalue weighted by atomic mass is 19.2. The fourth-order valence-electron chi connectivity index (χ4n) is 3.74. The van der Waals surface area contributed by atoms with Crippen LogP contribution in [0.4, 0.5) is 17.6 Å². The van der Waals surface area contributed by atoms with E-state index >= 15 is 0 Å². The molecule has 8 heteroatoms. The van der Waals surface area contributed by atoms with E-state index in [0.29, 0.717) is 21.5 Å². The van der Waals surface area contributed by atoms with Crippen LogP contribution in [0.3, 0.4) is 0 Å². The number of halogens is 4. The van der Waals surface area contributed by atoms with Crippen LogP contribution < -0.4 is 9.47 Å². The summed E-state index contributed by atoms with van der Waals surface area (Å²) in [5.74, 6) is -6.03. The van der Waals surface area contributed by atoms with Crippen LogP contribution in [0.15, 0.2) is 84.9 Å². The molecule has 0 unspecified atom stereocenters. The number of fused-ring (bicyclic) bond motifs is 2. The van der Waals surface area contributed by atoms with E-state index in [1.54, 1.807) is 36.4 Å². The predicted octanol–water partition coefficient (Wildman–Crippen LogP) is 6.99. The van der Waals surface area contributed by atoms with Crippen LogP contribution in [-0.4, -0.2) is 11.9 Å². The standard InChI is InChI=1S/C28H14F4O4/c29-21-9-7-17(12-23(21)31)27(33)35-25-5-1-3-15-11-16-4-2-6-26(20(16)14-19(15)25)36-28(34)18-8-10-22(30)24(32)13-18/h1-14H. The SMILES string of the molecule is O=C(Oc1cccc2cc3cccc(OC(=O)c4ccc(F)c(F)c4)c3cc12)c1ccc(F)c(F)c1. The highest BCUT2D eigenvalue weighted by Gasteiger charge is 2.17. The largest absolute Gasteiger partial charge is 0.422 e. The lowest BCUT2D eigenvalue weighted by atomic mass is 10.0. The van der Waals surface area contributed by atoms with Crippen LogP contribution in [0.25, 0.3) is 21.5 Å². The Labute approximate surface area is 201 Å². The highest BCUT2D eigenvalue weighted by Crippen LogP contribution is 2.35. The van der Waals surface area contributed by atoms with Gasteiger partial charge in [-0.25, -0.2) is 27.2 Å². The van der Waals surface area contributed by atoms with Gasteiger partial charge < -0.3 is 9.47 Å². The molecule has 0 amide bonds. The molecule has 5 aromatic rings. The third-order valence-corrected chi connectivity index (χ3v) is 5.52. The number of esters is 2. The van der Waals surface area contributed by atoms with Gasteiger partial charge in [-0.15, -0.1) is 0 Å². The van der Waals surface area contributed by atoms with E-state index in [1.807, 2.05) is 0 Å². The summed E-state index contributed by atoms with van der Waals surface area (Å²) in [5.41, 5.74) is -0.347. The highest BCUT2D eigenvalue weighted by molar-refractivity contribution is 6.05. The van der Waals surface area contributed by atoms with Crippen molar-refractivity contribution in [1.82, 2.24) is 0 Å². The summed E-state index contributed by atoms with van der Waals surface area (Å²) in [7, 11) is 0. The van der Waals surface area contributed by atoms with E-state index in [0.717, 1.165) is 36.4 Å². The molecule has 0 aliphatic heterocycles. The first-order valence-corrected chi connectivity index (χ1v) is 10.6. The van der Waals surface area contributed by atoms with Crippen molar-refractivity contribution >= 4 is 33.5 Å². The van der Waals surface area contributed by atoms with E-state index in [9.17, 15) is 27.2 Å². The number of carbonyl (C=O) groups excluding carboxylic acids is 2. The minimum absolute atomic E-state index is 0.144. The molecule has 0 radical (unpaired) electrons. The molecule has 0 aliphatic carbocycles. The van der Waals surface area contributed by atoms with Crippen LogP contribution in [-0.2, 0) is 0 Å². The summed E-state index contributed by atoms with van der Waals surface area (Å²) in [6.07, 6.45) is 0. The number of benzene rings is 5. The number of hydrogen-bond donors (Lipinski definition) is 0. The summed E-state index contributed by atoms with van der Waals surface area (Å²) in [4.78, 5) is 25.1. The lowest BCUT2D eigenvalue weighted by Gasteiger charge is -2.12. The normalized spacial score (nSPS) is 11.0. The van der Waals surface area contributed by atoms with Gasteiger partial charge in [0.1, 0.15) is 11.5 Å². The molecule has 5 aromatic carbocycles. The van der Waals surface area contributed by atoms with Crippen LogP contribution >= 0.6 is 0 Å². The third-order valence-electron chi connectivity index (χ3n) is 5.52. The Bertz CT molecular complexity index is 1560. The summed E-state index contributed by atoms with van der Waals surface area (Å²) in [6, 6.07) is 18.7. The van der Waals surface area contributed by atoms with Crippen molar-refractivity contribution in [3.05, 3.63) is 119 Å². The molecule has 0 spiro atoms. The molecule has 0 fully saturated rings. The van der Waals surface area contributed by atoms with Gasteiger partial charge in [0.25, 0.3) is 0 Å². The zero-order chi connectivity index (χ0) is 25.4. The van der Waals surface area contributed by atoms with Crippen molar-refractivity contribution < 1.29 is 36.6 Å². The fraction of sp³-hybridized carbons (Fsp3) is 0. The summed E-state index contributed by atoms with van der Waals surface area (Å²) < 4.78 is 64.5. The van der Waals surface area contributed by atoms with Crippen molar-refractivity contribution in [2.45, 2.75) is 0 Å². The van der Waals surface area contributed by atoms with Gasteiger partial charge in [0.15, 0.2) is 23.3 Å². The molecule has 4 nitrogen and oxygen atoms in total. The van der Waals surface area contributed by atoms with E-state index in [1.165, 1.54) is 12.1 Å². The van der Waals surface area contributed by atoms with Crippen molar-refractivity contribution in [3.63, 3.8) is 0 Å². The first kappa shape index (κ1) is 23.0. The van der Waals surface area contributed by atoms with Crippen LogP contribution in [0, 0.1) is 23.3 Å². The first-order valence-electron chi connectivity index (χ1n) is 10.6. The maximum atomic E-state index is 13.6. The van der Waals surface area contributed by atoms with E-state index in [-0.39, 0.29) is 22.6 Å². The topological polar surface area (TPSA) is 52.6 Å². The smallest absolute Gasteiger partial charge is 0.343 e. The molecule has 0 heterocycles. The van der Waals surface area contributed by atoms with Crippen LogP contribution in [0.1, 0.15) is 20.7 Å². The summed E-state index contributed by atoms with van der Waals surface area (Å²) in [5, 5.41) is 2.36. The van der Waals surface area contributed by atoms with Crippen molar-refractivity contribution in [1.29, 1.82) is 0 Å². The molecule has 5 rings (SSSR count). The first-order chi connectivity index (χ1) is 17.3. The fourth-order valence-corrected chi connectivity index (χ4v) is 3.74. The average Bonchev–Trinajstić information content (AvgIpc) is 2.86. The Hall–Kier alpha value is -4.72. The lowest BCUT2D eigenvalue weighted by molar-refractivity contribution is 0.0727. The molecule has 0 bridgehead atoms. The molecule has 0 N–H and O–H groups in total. The summed E-state index contributed by atoms with van der Waals surface area (Å²) in [6.45, 7) is 0. The average molecular weight is 490 g/mol. The molecule has 0 saturated carbocycles. The van der Waals surface area contributed by atoms with E-state index in [2.05, 4.69) is 0 Å². The Kier molecular flexibility index (Phi) is 5.85. The van der Waals surface area contributed by atoms with Crippen molar-refractivity contribution in [2.75, 3.05) is 0 Å². The molecular weight excluding hydrogens is 476 g/mol. The maximum absolute atomic E-state index is 13.6. The van der Waals surface area contributed by atoms with Crippen LogP contribution in [0.5, 0.6) is 11.5 Å². The quantitative estimate of drug-likeness (QED) is 0.118. The van der Waals surface area contributed by atoms with Gasteiger partial charge in [0.2, 0.25) is 0 Å². The van der Waals surface area contributed by atoms with E-state index in [4.69, 9.17) is 9.47 Å². The number of carbonyl (C=O) groups is 2. The van der Waals surface area contributed by atoms with Crippen molar-refractivity contribution in [3.8, 4) is 11.5 Å². The number of ether oxygens (including phenoxy) is 2. The van der Waals surface area contributed by atoms with Crippen molar-refractivity contribution in [2.24, 2.45) is 0 Å². The number of rotatable bonds is 4. The zero-order valence-electron chi connectivity index (χ0n) is 18.2. The minimum Gasteiger partial charge on any atom is -0.422 e. The Morgan fingerprint density at radius 1 is 0.500 bits per heavy atom. The molecule has 178 valence electrons. The minimum atomic E-state index is -1.18. The van der Waals surface area contributed by atoms with Gasteiger partial charge >= 0.3 is 11.9 Å². The zero-order valence-corrected chi connectivity index (χ0v) is 18.2. The molecule has 36 heavy (non-hydrogen) atoms. The van der Waals surface area contributed by atoms with E-state index < -0.39 is 35.2 Å². The molecule has 0 aliphatic rings. The Balaban J connectivity index is 1.52. The summed E-state index contributed by atoms with van der Waals surface area (Å²) >= 11 is 0. The molecule has 0 atom stereocenters. The molecule has 0 saturated heterocycles. The number of hydrogen-bond acceptors (Lipinski definition) is 4. The maximum Gasteiger partial charge on any atom is 0.343 e. The van der Waals surface area contributed by atoms with Gasteiger partial charge in [0.05, 0.1) is 11.1 Å². The lowest BCUT2D eigenvalue weighted by Crippen LogP contribution is -2.10. The van der Waals surface area contributed by atoms with Gasteiger partial charge in [-0.1, -0.05) is 24.3 Å². The Morgan fingerprint density at radius 2 is 0.944 bits per heavy atom. The van der Waals surface area contributed by atoms with Gasteiger partial charge in [-0.3, -0.25) is 0 Å². The van der Waals surface area contributed by atoms with Crippen LogP contribution in [0.2, 0.25) is 0 Å². The molecular formula is C28H14F4O4. The monoisotopic (exact) mass is 490 g/mol. The second-order valence-electron chi connectivity index (χ2n) is 7.84. The van der Waals surface area contributed by atoms with Gasteiger partial charge in [-0.05, 0) is 71.4 Å². The van der Waals surface area contributed by atoms with Gasteiger partial charge in [-0.2, -0.15) is 0 Å². The predicted molar refractivity (Wildman–Crippen MR) is 124 cm³/mol. The second kappa shape index (κ2) is 9.14. The third kappa shape index (κ3) is 4.36.